The summed E-state index contributed by atoms with van der Waals surface area (Å²) in [7, 11) is 1.89. The zero-order valence-electron chi connectivity index (χ0n) is 14.8. The molecule has 1 saturated heterocycles. The minimum Gasteiger partial charge on any atom is -0.378 e. The Morgan fingerprint density at radius 3 is 2.58 bits per heavy atom. The molecule has 1 heterocycles. The third kappa shape index (κ3) is 4.67. The molecule has 0 spiro atoms. The van der Waals surface area contributed by atoms with Crippen LogP contribution in [0.2, 0.25) is 0 Å². The van der Waals surface area contributed by atoms with Crippen LogP contribution in [0, 0.1) is 0 Å². The largest absolute Gasteiger partial charge is 0.378 e. The maximum Gasteiger partial charge on any atom is 0.193 e. The van der Waals surface area contributed by atoms with Gasteiger partial charge in [-0.1, -0.05) is 18.2 Å². The molecular weight excluding hydrogens is 318 g/mol. The summed E-state index contributed by atoms with van der Waals surface area (Å²) in [5.41, 5.74) is 0. The Labute approximate surface area is 150 Å². The number of likely N-dealkylation sites (tertiary alicyclic amines) is 1. The second kappa shape index (κ2) is 8.26. The van der Waals surface area contributed by atoms with Crippen molar-refractivity contribution in [2.45, 2.75) is 48.4 Å². The van der Waals surface area contributed by atoms with Crippen LogP contribution in [-0.2, 0) is 4.74 Å². The minimum atomic E-state index is 0.348. The molecule has 1 aliphatic heterocycles. The summed E-state index contributed by atoms with van der Waals surface area (Å²) < 4.78 is 6.09. The lowest BCUT2D eigenvalue weighted by Gasteiger charge is -2.34. The van der Waals surface area contributed by atoms with E-state index in [0.717, 1.165) is 45.0 Å². The normalized spacial score (nSPS) is 20.9. The van der Waals surface area contributed by atoms with Crippen molar-refractivity contribution < 1.29 is 4.74 Å². The Balaban J connectivity index is 1.48. The van der Waals surface area contributed by atoms with Crippen molar-refractivity contribution in [1.29, 1.82) is 0 Å². The number of thioether (sulfide) groups is 1. The Hall–Kier alpha value is -1.20. The fraction of sp³-hybridized carbons (Fsp3) is 0.632. The number of piperidine rings is 1. The zero-order chi connectivity index (χ0) is 16.8. The second-order valence-electron chi connectivity index (χ2n) is 6.64. The van der Waals surface area contributed by atoms with E-state index in [2.05, 4.69) is 52.5 Å². The molecule has 1 aromatic carbocycles. The molecule has 0 radical (unpaired) electrons. The molecule has 4 nitrogen and oxygen atoms in total. The van der Waals surface area contributed by atoms with E-state index < -0.39 is 0 Å². The lowest BCUT2D eigenvalue weighted by Crippen LogP contribution is -2.48. The van der Waals surface area contributed by atoms with Crippen LogP contribution in [0.5, 0.6) is 0 Å². The summed E-state index contributed by atoms with van der Waals surface area (Å²) in [6.45, 7) is 5.94. The molecule has 132 valence electrons. The lowest BCUT2D eigenvalue weighted by molar-refractivity contribution is 0.0264. The molecule has 0 amide bonds. The van der Waals surface area contributed by atoms with Crippen LogP contribution in [0.1, 0.15) is 32.6 Å². The summed E-state index contributed by atoms with van der Waals surface area (Å²) in [4.78, 5) is 8.24. The van der Waals surface area contributed by atoms with Gasteiger partial charge in [-0.2, -0.15) is 0 Å². The molecule has 0 bridgehead atoms. The highest BCUT2D eigenvalue weighted by molar-refractivity contribution is 8.01. The summed E-state index contributed by atoms with van der Waals surface area (Å²) in [5.74, 6) is 1.05. The topological polar surface area (TPSA) is 36.9 Å². The number of nitrogens with zero attached hydrogens (tertiary/aromatic N) is 2. The van der Waals surface area contributed by atoms with E-state index in [4.69, 9.17) is 4.74 Å². The van der Waals surface area contributed by atoms with E-state index in [1.165, 1.54) is 17.7 Å². The van der Waals surface area contributed by atoms with E-state index in [1.54, 1.807) is 0 Å². The molecule has 24 heavy (non-hydrogen) atoms. The van der Waals surface area contributed by atoms with Crippen molar-refractivity contribution in [2.75, 3.05) is 33.3 Å². The van der Waals surface area contributed by atoms with E-state index >= 15 is 0 Å². The second-order valence-corrected chi connectivity index (χ2v) is 8.18. The monoisotopic (exact) mass is 347 g/mol. The number of guanidine groups is 1. The average molecular weight is 348 g/mol. The fourth-order valence-corrected chi connectivity index (χ4v) is 4.48. The van der Waals surface area contributed by atoms with Gasteiger partial charge in [0, 0.05) is 42.9 Å². The first-order valence-corrected chi connectivity index (χ1v) is 9.87. The SMILES string of the molecule is CCOC1CCN(C(=NC)NCC2(Sc3ccccc3)CC2)CC1. The van der Waals surface area contributed by atoms with E-state index in [9.17, 15) is 0 Å². The van der Waals surface area contributed by atoms with Gasteiger partial charge in [-0.25, -0.2) is 0 Å². The molecular formula is C19H29N3OS. The van der Waals surface area contributed by atoms with Crippen LogP contribution in [0.25, 0.3) is 0 Å². The Kier molecular flexibility index (Phi) is 6.06. The summed E-state index contributed by atoms with van der Waals surface area (Å²) in [5, 5.41) is 3.62. The summed E-state index contributed by atoms with van der Waals surface area (Å²) in [6.07, 6.45) is 5.18. The van der Waals surface area contributed by atoms with Gasteiger partial charge in [0.25, 0.3) is 0 Å². The molecule has 2 fully saturated rings. The van der Waals surface area contributed by atoms with Gasteiger partial charge < -0.3 is 15.0 Å². The van der Waals surface area contributed by atoms with Gasteiger partial charge in [-0.05, 0) is 44.7 Å². The van der Waals surface area contributed by atoms with E-state index in [-0.39, 0.29) is 0 Å². The van der Waals surface area contributed by atoms with Gasteiger partial charge in [-0.3, -0.25) is 4.99 Å². The molecule has 2 aliphatic rings. The lowest BCUT2D eigenvalue weighted by atomic mass is 10.1. The molecule has 1 saturated carbocycles. The van der Waals surface area contributed by atoms with E-state index in [1.807, 2.05) is 18.8 Å². The molecule has 1 aliphatic carbocycles. The highest BCUT2D eigenvalue weighted by Crippen LogP contribution is 2.51. The Bertz CT molecular complexity index is 537. The number of aliphatic imine (C=N–C) groups is 1. The molecule has 0 unspecified atom stereocenters. The predicted octanol–water partition coefficient (Wildman–Crippen LogP) is 3.39. The van der Waals surface area contributed by atoms with Crippen molar-refractivity contribution in [3.8, 4) is 0 Å². The molecule has 1 N–H and O–H groups in total. The van der Waals surface area contributed by atoms with Gasteiger partial charge >= 0.3 is 0 Å². The van der Waals surface area contributed by atoms with Gasteiger partial charge in [0.15, 0.2) is 5.96 Å². The van der Waals surface area contributed by atoms with Crippen molar-refractivity contribution in [1.82, 2.24) is 10.2 Å². The molecule has 0 aromatic heterocycles. The van der Waals surface area contributed by atoms with Crippen molar-refractivity contribution >= 4 is 17.7 Å². The molecule has 5 heteroatoms. The van der Waals surface area contributed by atoms with Crippen LogP contribution in [0.4, 0.5) is 0 Å². The number of hydrogen-bond donors (Lipinski definition) is 1. The van der Waals surface area contributed by atoms with Gasteiger partial charge in [-0.15, -0.1) is 11.8 Å². The molecule has 0 atom stereocenters. The predicted molar refractivity (Wildman–Crippen MR) is 102 cm³/mol. The average Bonchev–Trinajstić information content (AvgIpc) is 3.37. The third-order valence-electron chi connectivity index (χ3n) is 4.81. The fourth-order valence-electron chi connectivity index (χ4n) is 3.24. The highest BCUT2D eigenvalue weighted by atomic mass is 32.2. The number of hydrogen-bond acceptors (Lipinski definition) is 3. The van der Waals surface area contributed by atoms with Gasteiger partial charge in [0.2, 0.25) is 0 Å². The van der Waals surface area contributed by atoms with Gasteiger partial charge in [0.1, 0.15) is 0 Å². The summed E-state index contributed by atoms with van der Waals surface area (Å²) >= 11 is 2.01. The maximum atomic E-state index is 5.74. The Morgan fingerprint density at radius 2 is 2.00 bits per heavy atom. The summed E-state index contributed by atoms with van der Waals surface area (Å²) in [6, 6.07) is 10.7. The van der Waals surface area contributed by atoms with Crippen molar-refractivity contribution in [3.05, 3.63) is 30.3 Å². The third-order valence-corrected chi connectivity index (χ3v) is 6.30. The standard InChI is InChI=1S/C19H29N3OS/c1-3-23-16-9-13-22(14-10-16)18(20-2)21-15-19(11-12-19)24-17-7-5-4-6-8-17/h4-8,16H,3,9-15H2,1-2H3,(H,20,21). The quantitative estimate of drug-likeness (QED) is 0.632. The zero-order valence-corrected chi connectivity index (χ0v) is 15.6. The number of benzene rings is 1. The van der Waals surface area contributed by atoms with Crippen LogP contribution in [0.3, 0.4) is 0 Å². The van der Waals surface area contributed by atoms with Crippen molar-refractivity contribution in [2.24, 2.45) is 4.99 Å². The number of rotatable bonds is 6. The first kappa shape index (κ1) is 17.6. The first-order valence-electron chi connectivity index (χ1n) is 9.06. The van der Waals surface area contributed by atoms with Crippen LogP contribution in [0.15, 0.2) is 40.2 Å². The minimum absolute atomic E-state index is 0.348. The smallest absolute Gasteiger partial charge is 0.193 e. The van der Waals surface area contributed by atoms with Gasteiger partial charge in [0.05, 0.1) is 6.10 Å². The van der Waals surface area contributed by atoms with Crippen molar-refractivity contribution in [3.63, 3.8) is 0 Å². The van der Waals surface area contributed by atoms with E-state index in [0.29, 0.717) is 10.9 Å². The number of ether oxygens (including phenoxy) is 1. The number of nitrogens with one attached hydrogen (secondary N) is 1. The highest BCUT2D eigenvalue weighted by Gasteiger charge is 2.44. The maximum absolute atomic E-state index is 5.74. The molecule has 3 rings (SSSR count). The molecule has 1 aromatic rings. The van der Waals surface area contributed by atoms with Crippen LogP contribution < -0.4 is 5.32 Å². The first-order chi connectivity index (χ1) is 11.7. The van der Waals surface area contributed by atoms with Crippen LogP contribution in [-0.4, -0.2) is 55.0 Å². The van der Waals surface area contributed by atoms with Crippen LogP contribution >= 0.6 is 11.8 Å². The Morgan fingerprint density at radius 1 is 1.29 bits per heavy atom.